The number of aryl methyl sites for hydroxylation is 2. The van der Waals surface area contributed by atoms with E-state index in [4.69, 9.17) is 9.57 Å². The Morgan fingerprint density at radius 3 is 2.80 bits per heavy atom. The van der Waals surface area contributed by atoms with Crippen LogP contribution in [0.25, 0.3) is 5.76 Å². The van der Waals surface area contributed by atoms with E-state index in [1.165, 1.54) is 41.5 Å². The molecule has 3 rings (SSSR count). The van der Waals surface area contributed by atoms with Gasteiger partial charge in [-0.25, -0.2) is 0 Å². The third-order valence-corrected chi connectivity index (χ3v) is 6.16. The number of hydroxylamine groups is 1. The average molecular weight is 408 g/mol. The number of unbranched alkanes of at least 4 members (excludes halogenated alkanes) is 2. The molecule has 0 aromatic heterocycles. The minimum absolute atomic E-state index is 0.208. The van der Waals surface area contributed by atoms with E-state index in [1.54, 1.807) is 7.11 Å². The topological polar surface area (TPSA) is 30.5 Å². The standard InChI is InChI=1S/C27H37NO2/c1-5-6-7-11-22-12-10-13-25(18-22)27(3)17-9-8-14-26(30-28-27)23-16-15-21(2)24(19-23)20-29-4/h10,12-16,18-19,28H,5-9,11,17,20H2,1-4H3. The van der Waals surface area contributed by atoms with Gasteiger partial charge in [-0.05, 0) is 80.3 Å². The molecule has 1 atom stereocenters. The van der Waals surface area contributed by atoms with Crippen molar-refractivity contribution in [1.29, 1.82) is 0 Å². The summed E-state index contributed by atoms with van der Waals surface area (Å²) in [5.74, 6) is 0.900. The number of benzene rings is 2. The van der Waals surface area contributed by atoms with Gasteiger partial charge < -0.3 is 9.57 Å². The number of nitrogens with one attached hydrogen (secondary N) is 1. The van der Waals surface area contributed by atoms with Crippen LogP contribution in [0.15, 0.2) is 48.5 Å². The number of rotatable bonds is 8. The Bertz CT molecular complexity index is 858. The highest BCUT2D eigenvalue weighted by Crippen LogP contribution is 2.32. The summed E-state index contributed by atoms with van der Waals surface area (Å²) >= 11 is 0. The molecule has 0 fully saturated rings. The number of hydrogen-bond donors (Lipinski definition) is 1. The second-order valence-corrected chi connectivity index (χ2v) is 8.73. The van der Waals surface area contributed by atoms with Crippen molar-refractivity contribution in [2.75, 3.05) is 7.11 Å². The van der Waals surface area contributed by atoms with Gasteiger partial charge in [0, 0.05) is 12.7 Å². The summed E-state index contributed by atoms with van der Waals surface area (Å²) in [5.41, 5.74) is 9.48. The zero-order valence-corrected chi connectivity index (χ0v) is 19.1. The second kappa shape index (κ2) is 10.8. The molecule has 2 aromatic carbocycles. The van der Waals surface area contributed by atoms with Crippen LogP contribution in [0.5, 0.6) is 0 Å². The number of hydrogen-bond acceptors (Lipinski definition) is 3. The summed E-state index contributed by atoms with van der Waals surface area (Å²) in [6.07, 6.45) is 10.3. The van der Waals surface area contributed by atoms with Crippen molar-refractivity contribution < 1.29 is 9.57 Å². The van der Waals surface area contributed by atoms with E-state index in [-0.39, 0.29) is 5.54 Å². The minimum atomic E-state index is -0.208. The molecule has 30 heavy (non-hydrogen) atoms. The van der Waals surface area contributed by atoms with Crippen molar-refractivity contribution in [2.24, 2.45) is 0 Å². The van der Waals surface area contributed by atoms with Crippen molar-refractivity contribution in [2.45, 2.75) is 77.9 Å². The van der Waals surface area contributed by atoms with Gasteiger partial charge in [-0.2, -0.15) is 0 Å². The third-order valence-electron chi connectivity index (χ3n) is 6.16. The molecule has 0 radical (unpaired) electrons. The fourth-order valence-corrected chi connectivity index (χ4v) is 4.11. The lowest BCUT2D eigenvalue weighted by Crippen LogP contribution is -2.40. The van der Waals surface area contributed by atoms with Crippen molar-refractivity contribution in [3.05, 3.63) is 76.4 Å². The lowest BCUT2D eigenvalue weighted by molar-refractivity contribution is 0.0570. The van der Waals surface area contributed by atoms with E-state index in [1.807, 2.05) is 0 Å². The Morgan fingerprint density at radius 1 is 1.13 bits per heavy atom. The van der Waals surface area contributed by atoms with Crippen molar-refractivity contribution >= 4 is 5.76 Å². The minimum Gasteiger partial charge on any atom is -0.408 e. The maximum Gasteiger partial charge on any atom is 0.150 e. The van der Waals surface area contributed by atoms with Crippen LogP contribution in [0.3, 0.4) is 0 Å². The lowest BCUT2D eigenvalue weighted by Gasteiger charge is -2.33. The monoisotopic (exact) mass is 407 g/mol. The molecular weight excluding hydrogens is 370 g/mol. The van der Waals surface area contributed by atoms with Gasteiger partial charge in [-0.15, -0.1) is 5.48 Å². The molecule has 0 bridgehead atoms. The summed E-state index contributed by atoms with van der Waals surface area (Å²) in [6, 6.07) is 15.5. The first kappa shape index (κ1) is 22.6. The second-order valence-electron chi connectivity index (χ2n) is 8.73. The highest BCUT2D eigenvalue weighted by molar-refractivity contribution is 5.61. The van der Waals surface area contributed by atoms with E-state index in [2.05, 4.69) is 74.8 Å². The van der Waals surface area contributed by atoms with Crippen LogP contribution < -0.4 is 5.48 Å². The summed E-state index contributed by atoms with van der Waals surface area (Å²) in [6.45, 7) is 7.24. The zero-order chi connectivity index (χ0) is 21.4. The van der Waals surface area contributed by atoms with E-state index in [0.717, 1.165) is 37.0 Å². The Balaban J connectivity index is 1.77. The summed E-state index contributed by atoms with van der Waals surface area (Å²) in [4.78, 5) is 6.22. The smallest absolute Gasteiger partial charge is 0.150 e. The van der Waals surface area contributed by atoms with Gasteiger partial charge in [0.1, 0.15) is 5.76 Å². The Hall–Kier alpha value is -2.10. The molecule has 1 unspecified atom stereocenters. The van der Waals surface area contributed by atoms with Crippen LogP contribution in [0, 0.1) is 6.92 Å². The van der Waals surface area contributed by atoms with E-state index < -0.39 is 0 Å². The lowest BCUT2D eigenvalue weighted by atomic mass is 9.86. The quantitative estimate of drug-likeness (QED) is 0.486. The fraction of sp³-hybridized carbons (Fsp3) is 0.481. The molecule has 3 heteroatoms. The van der Waals surface area contributed by atoms with Gasteiger partial charge in [0.25, 0.3) is 0 Å². The first-order valence-electron chi connectivity index (χ1n) is 11.4. The van der Waals surface area contributed by atoms with Crippen LogP contribution in [0.2, 0.25) is 0 Å². The molecule has 0 saturated heterocycles. The summed E-state index contributed by atoms with van der Waals surface area (Å²) in [5, 5.41) is 0. The van der Waals surface area contributed by atoms with Gasteiger partial charge in [-0.1, -0.05) is 56.2 Å². The maximum atomic E-state index is 6.22. The third kappa shape index (κ3) is 5.74. The zero-order valence-electron chi connectivity index (χ0n) is 19.1. The van der Waals surface area contributed by atoms with Crippen molar-refractivity contribution in [3.8, 4) is 0 Å². The molecule has 1 aliphatic heterocycles. The molecule has 1 aliphatic rings. The predicted octanol–water partition coefficient (Wildman–Crippen LogP) is 6.84. The van der Waals surface area contributed by atoms with E-state index in [9.17, 15) is 0 Å². The molecule has 0 saturated carbocycles. The van der Waals surface area contributed by atoms with Gasteiger partial charge in [0.15, 0.2) is 0 Å². The number of methoxy groups -OCH3 is 1. The van der Waals surface area contributed by atoms with Crippen molar-refractivity contribution in [1.82, 2.24) is 5.48 Å². The summed E-state index contributed by atoms with van der Waals surface area (Å²) < 4.78 is 5.36. The number of ether oxygens (including phenoxy) is 1. The first-order valence-corrected chi connectivity index (χ1v) is 11.4. The van der Waals surface area contributed by atoms with Crippen LogP contribution in [-0.4, -0.2) is 7.11 Å². The van der Waals surface area contributed by atoms with Gasteiger partial charge >= 0.3 is 0 Å². The van der Waals surface area contributed by atoms with Crippen LogP contribution in [0.1, 0.15) is 80.2 Å². The molecule has 3 nitrogen and oxygen atoms in total. The molecule has 1 heterocycles. The summed E-state index contributed by atoms with van der Waals surface area (Å²) in [7, 11) is 1.74. The van der Waals surface area contributed by atoms with Crippen LogP contribution >= 0.6 is 0 Å². The molecule has 2 aromatic rings. The molecule has 162 valence electrons. The van der Waals surface area contributed by atoms with Gasteiger partial charge in [0.05, 0.1) is 12.1 Å². The van der Waals surface area contributed by atoms with Crippen molar-refractivity contribution in [3.63, 3.8) is 0 Å². The molecule has 0 spiro atoms. The average Bonchev–Trinajstić information content (AvgIpc) is 2.74. The Kier molecular flexibility index (Phi) is 8.12. The first-order chi connectivity index (χ1) is 14.6. The van der Waals surface area contributed by atoms with Crippen LogP contribution in [0.4, 0.5) is 0 Å². The molecule has 0 amide bonds. The molecule has 0 aliphatic carbocycles. The molecule has 1 N–H and O–H groups in total. The fourth-order valence-electron chi connectivity index (χ4n) is 4.11. The normalized spacial score (nSPS) is 19.5. The highest BCUT2D eigenvalue weighted by Gasteiger charge is 2.29. The van der Waals surface area contributed by atoms with Crippen LogP contribution in [-0.2, 0) is 28.1 Å². The number of allylic oxidation sites excluding steroid dienone is 1. The predicted molar refractivity (Wildman–Crippen MR) is 125 cm³/mol. The highest BCUT2D eigenvalue weighted by atomic mass is 16.7. The maximum absolute atomic E-state index is 6.22. The van der Waals surface area contributed by atoms with Gasteiger partial charge in [-0.3, -0.25) is 0 Å². The van der Waals surface area contributed by atoms with Gasteiger partial charge in [0.2, 0.25) is 0 Å². The van der Waals surface area contributed by atoms with E-state index >= 15 is 0 Å². The molecular formula is C27H37NO2. The SMILES string of the molecule is CCCCCc1cccc(C2(C)CCCC=C(c3ccc(C)c(COC)c3)ON2)c1. The largest absolute Gasteiger partial charge is 0.408 e. The van der Waals surface area contributed by atoms with E-state index in [0.29, 0.717) is 6.61 Å². The Labute approximate surface area is 182 Å². The Morgan fingerprint density at radius 2 is 2.00 bits per heavy atom.